The molecule has 30 unspecified atom stereocenters. The van der Waals surface area contributed by atoms with Crippen molar-refractivity contribution in [3.8, 4) is 0 Å². The summed E-state index contributed by atoms with van der Waals surface area (Å²) in [6, 6.07) is -10.2. The maximum absolute atomic E-state index is 12.4. The molecule has 60 heteroatoms. The molecule has 48 nitrogen and oxygen atoms in total. The average Bonchev–Trinajstić information content (AvgIpc) is 0.772. The molecule has 20 aliphatic heterocycles. The van der Waals surface area contributed by atoms with Gasteiger partial charge in [-0.1, -0.05) is 6.42 Å². The zero-order valence-corrected chi connectivity index (χ0v) is 90.1. The molecule has 0 spiro atoms. The Labute approximate surface area is 903 Å². The van der Waals surface area contributed by atoms with Crippen LogP contribution in [0.15, 0.2) is 0 Å². The number of aliphatic hydroxyl groups is 12. The SMILES string of the molecule is CC(=O)N[C@@H](CSCC1OC2OC3C(CSC[C@H](NC(C)=O)C(=O)[O-])OC(OC4C(CSC[C@H](NC(C)=O)C(=O)[O-])OC(OC5C(CSC[C@H](NC(C)=O)C(=O)[O-])OC(OC6C(CSC[C@H](NC(C)=O)C(=O)[O-])OC(OC7C(CSC[C@H](NC(C)=O)C(=O)[O-])OC(OCCCCC1C(O)C2O)C(O)C7O)C(O)C6O)C(O)C5O)C(O)C4O)C(O)C3O)C(=O)[O-].[Na+].[Na+].[Na+].[Na+].[Na+].[Na+]. The Morgan fingerprint density at radius 2 is 0.438 bits per heavy atom. The quantitative estimate of drug-likeness (QED) is 0.0259. The molecule has 20 rings (SSSR count). The zero-order chi connectivity index (χ0) is 92.0. The summed E-state index contributed by atoms with van der Waals surface area (Å²) in [6.45, 7) is 5.59. The Morgan fingerprint density at radius 3 is 0.638 bits per heavy atom. The number of rotatable bonds is 36. The first-order valence-corrected chi connectivity index (χ1v) is 45.6. The molecular weight excluding hydrogens is 1930 g/mol. The van der Waals surface area contributed by atoms with Crippen molar-refractivity contribution in [2.45, 2.75) is 275 Å². The fourth-order valence-electron chi connectivity index (χ4n) is 14.0. The van der Waals surface area contributed by atoms with Gasteiger partial charge in [0.25, 0.3) is 0 Å². The molecule has 0 aromatic carbocycles. The number of carboxylic acids is 6. The summed E-state index contributed by atoms with van der Waals surface area (Å²) in [7, 11) is 0. The van der Waals surface area contributed by atoms with Crippen molar-refractivity contribution in [1.82, 2.24) is 31.9 Å². The molecule has 0 aromatic heterocycles. The van der Waals surface area contributed by atoms with Gasteiger partial charge in [0, 0.05) is 123 Å². The summed E-state index contributed by atoms with van der Waals surface area (Å²) in [4.78, 5) is 146. The Hall–Kier alpha value is 0.780. The maximum Gasteiger partial charge on any atom is 1.00 e. The molecule has 0 radical (unpaired) electrons. The Morgan fingerprint density at radius 1 is 0.262 bits per heavy atom. The molecular formula is C70H104N6Na6O42S6. The minimum atomic E-state index is -2.47. The monoisotopic (exact) mass is 2030 g/mol. The average molecular weight is 2030 g/mol. The fourth-order valence-corrected chi connectivity index (χ4v) is 20.6. The number of carboxylic acid groups (broad SMARTS) is 6. The second kappa shape index (κ2) is 63.0. The van der Waals surface area contributed by atoms with E-state index in [1.54, 1.807) is 0 Å². The zero-order valence-electron chi connectivity index (χ0n) is 73.2. The van der Waals surface area contributed by atoms with E-state index in [9.17, 15) is 149 Å². The molecule has 20 aliphatic rings. The topological polar surface area (TPSA) is 769 Å². The van der Waals surface area contributed by atoms with Crippen LogP contribution in [-0.4, -0.2) is 423 Å². The smallest absolute Gasteiger partial charge is 0.548 e. The van der Waals surface area contributed by atoms with Crippen LogP contribution in [-0.2, 0) is 114 Å². The van der Waals surface area contributed by atoms with E-state index in [0.29, 0.717) is 47.0 Å². The van der Waals surface area contributed by atoms with Gasteiger partial charge in [-0.05, 0) is 12.8 Å². The number of hydrogen-bond acceptors (Lipinski definition) is 48. The van der Waals surface area contributed by atoms with Crippen molar-refractivity contribution < 1.29 is 384 Å². The van der Waals surface area contributed by atoms with Crippen molar-refractivity contribution in [2.24, 2.45) is 5.92 Å². The molecule has 36 atom stereocenters. The molecule has 708 valence electrons. The molecule has 20 fully saturated rings. The summed E-state index contributed by atoms with van der Waals surface area (Å²) < 4.78 is 74.8. The van der Waals surface area contributed by atoms with Gasteiger partial charge in [0.2, 0.25) is 35.4 Å². The first-order valence-electron chi connectivity index (χ1n) is 38.7. The number of hydrogen-bond donors (Lipinski definition) is 18. The standard InChI is InChI=1S/C70H110N6O42S6.6Na/c1-23(77)71-30(59(95)96)11-119-17-36-29-9-7-8-10-107-65-49(90)43(84)54(37(109-65)18-120-12-31(60(97)98)72-24(2)78)115-67-51(92)45(86)56(39(111-67)20-122-14-33(62(101)102)74-26(4)80)117-69-53(94)47(88)58(41(113-69)22-124-16-35(64(105)106)76-28(6)82)118-70-52(93)46(87)57(40(112-70)21-123-15-34(63(103)104)75-27(5)81)116-68-50(91)44(85)55(114-66(108-36)48(89)42(29)83)38(110-68)19-121-13-32(61(99)100)73-25(3)79;;;;;;/h29-58,65-70,83-94H,7-22H2,1-6H3,(H,71,77)(H,72,78)(H,73,79)(H,74,80)(H,75,81)(H,76,82)(H,95,96)(H,97,98)(H,99,100)(H,101,102)(H,103,104)(H,105,106);;;;;;/q;6*+1/p-6/t29?,30-,31-,32-,33-,34-,35-,36?,37?,38?,39?,40?,41?,42?,43?,44?,45?,46?,47?,48?,49?,50?,51?,52?,53?,54?,55?,56?,57?,58?,65?,66?,67?,68?,69?,70?;;;;;;/m0....../s1. The number of aliphatic carboxylic acids is 6. The minimum absolute atomic E-state index is 0. The van der Waals surface area contributed by atoms with E-state index in [-0.39, 0.29) is 209 Å². The van der Waals surface area contributed by atoms with E-state index < -0.39 is 355 Å². The third-order valence-corrected chi connectivity index (χ3v) is 26.9. The van der Waals surface area contributed by atoms with Crippen molar-refractivity contribution in [2.75, 3.05) is 75.6 Å². The van der Waals surface area contributed by atoms with Crippen LogP contribution in [0.4, 0.5) is 0 Å². The van der Waals surface area contributed by atoms with Gasteiger partial charge in [0.1, 0.15) is 97.7 Å². The predicted molar refractivity (Wildman–Crippen MR) is 411 cm³/mol. The maximum atomic E-state index is 12.4. The molecule has 6 amide bonds. The molecule has 12 bridgehead atoms. The van der Waals surface area contributed by atoms with Crippen LogP contribution in [0.5, 0.6) is 0 Å². The van der Waals surface area contributed by atoms with Crippen LogP contribution in [0.1, 0.15) is 60.8 Å². The fraction of sp³-hybridized carbons (Fsp3) is 0.829. The van der Waals surface area contributed by atoms with Crippen molar-refractivity contribution >= 4 is 142 Å². The number of carbonyl (C=O) groups is 12. The van der Waals surface area contributed by atoms with Gasteiger partial charge in [-0.2, -0.15) is 70.6 Å². The van der Waals surface area contributed by atoms with Crippen LogP contribution < -0.4 is 240 Å². The van der Waals surface area contributed by atoms with Crippen LogP contribution >= 0.6 is 70.6 Å². The second-order valence-corrected chi connectivity index (χ2v) is 36.3. The van der Waals surface area contributed by atoms with Gasteiger partial charge in [-0.15, -0.1) is 0 Å². The van der Waals surface area contributed by atoms with E-state index in [2.05, 4.69) is 31.9 Å². The molecule has 130 heavy (non-hydrogen) atoms. The van der Waals surface area contributed by atoms with Crippen LogP contribution in [0.2, 0.25) is 0 Å². The third-order valence-electron chi connectivity index (χ3n) is 20.1. The van der Waals surface area contributed by atoms with Gasteiger partial charge >= 0.3 is 177 Å². The number of amides is 6. The predicted octanol–water partition coefficient (Wildman–Crippen LogP) is -35.6. The summed E-state index contributed by atoms with van der Waals surface area (Å²) in [5.41, 5.74) is 0. The van der Waals surface area contributed by atoms with Gasteiger partial charge in [0.15, 0.2) is 37.7 Å². The minimum Gasteiger partial charge on any atom is -0.548 e. The van der Waals surface area contributed by atoms with Gasteiger partial charge in [-0.25, -0.2) is 0 Å². The van der Waals surface area contributed by atoms with Crippen molar-refractivity contribution in [3.63, 3.8) is 0 Å². The molecule has 20 heterocycles. The summed E-state index contributed by atoms with van der Waals surface area (Å²) >= 11 is 4.21. The van der Waals surface area contributed by atoms with E-state index in [0.717, 1.165) is 65.1 Å². The van der Waals surface area contributed by atoms with Gasteiger partial charge in [0.05, 0.1) is 115 Å². The second-order valence-electron chi connectivity index (χ2n) is 29.8. The molecule has 0 aromatic rings. The van der Waals surface area contributed by atoms with E-state index in [1.807, 2.05) is 0 Å². The molecule has 0 aliphatic carbocycles. The van der Waals surface area contributed by atoms with E-state index >= 15 is 0 Å². The first kappa shape index (κ1) is 129. The van der Waals surface area contributed by atoms with Crippen LogP contribution in [0, 0.1) is 5.92 Å². The Bertz CT molecular complexity index is 3590. The summed E-state index contributed by atoms with van der Waals surface area (Å²) in [6.07, 6.45) is -61.1. The number of nitrogens with one attached hydrogen (secondary N) is 6. The van der Waals surface area contributed by atoms with Crippen LogP contribution in [0.3, 0.4) is 0 Å². The molecule has 20 saturated heterocycles. The normalized spacial score (nSPS) is 34.8. The van der Waals surface area contributed by atoms with E-state index in [4.69, 9.17) is 56.8 Å². The third kappa shape index (κ3) is 38.8. The van der Waals surface area contributed by atoms with Crippen molar-refractivity contribution in [3.05, 3.63) is 0 Å². The summed E-state index contributed by atoms with van der Waals surface area (Å²) in [5.74, 6) is -22.9. The largest absolute Gasteiger partial charge is 1.00 e. The number of thioether (sulfide) groups is 6. The number of ether oxygens (including phenoxy) is 12. The Balaban J connectivity index is 0.0000141. The number of carbonyl (C=O) groups excluding carboxylic acids is 12. The number of aliphatic hydroxyl groups excluding tert-OH is 12. The van der Waals surface area contributed by atoms with Crippen LogP contribution in [0.25, 0.3) is 0 Å². The van der Waals surface area contributed by atoms with Gasteiger partial charge in [-0.3, -0.25) is 28.8 Å². The van der Waals surface area contributed by atoms with Crippen molar-refractivity contribution in [1.29, 1.82) is 0 Å². The summed E-state index contributed by atoms with van der Waals surface area (Å²) in [5, 5.41) is 233. The molecule has 18 N–H and O–H groups in total. The first-order chi connectivity index (χ1) is 58.4. The molecule has 0 saturated carbocycles. The Kier molecular flexibility index (Phi) is 62.4. The van der Waals surface area contributed by atoms with Gasteiger partial charge < -0.3 is 209 Å². The van der Waals surface area contributed by atoms with E-state index in [1.165, 1.54) is 0 Å².